The number of allylic oxidation sites excluding steroid dienone is 1. The summed E-state index contributed by atoms with van der Waals surface area (Å²) in [4.78, 5) is 0. The number of halogens is 1. The predicted octanol–water partition coefficient (Wildman–Crippen LogP) is 2.67. The summed E-state index contributed by atoms with van der Waals surface area (Å²) < 4.78 is 0.793. The van der Waals surface area contributed by atoms with Gasteiger partial charge in [-0.05, 0) is 34.1 Å². The van der Waals surface area contributed by atoms with Gasteiger partial charge in [-0.2, -0.15) is 15.6 Å². The van der Waals surface area contributed by atoms with Crippen LogP contribution in [-0.2, 0) is 0 Å². The molecule has 1 heterocycles. The molecule has 0 aliphatic heterocycles. The van der Waals surface area contributed by atoms with Gasteiger partial charge in [-0.15, -0.1) is 0 Å². The maximum absolute atomic E-state index is 8.58. The molecule has 0 bridgehead atoms. The third-order valence-electron chi connectivity index (χ3n) is 2.13. The lowest BCUT2D eigenvalue weighted by atomic mass is 10.2. The SMILES string of the molecule is N#CC(C#N)=CNc1ccc2n[nH]c(Br)c2c1. The van der Waals surface area contributed by atoms with Crippen molar-refractivity contribution in [3.05, 3.63) is 34.6 Å². The van der Waals surface area contributed by atoms with Gasteiger partial charge in [-0.25, -0.2) is 0 Å². The van der Waals surface area contributed by atoms with E-state index in [1.54, 1.807) is 12.1 Å². The van der Waals surface area contributed by atoms with Crippen molar-refractivity contribution < 1.29 is 0 Å². The zero-order valence-corrected chi connectivity index (χ0v) is 10.1. The summed E-state index contributed by atoms with van der Waals surface area (Å²) in [5, 5.41) is 27.9. The van der Waals surface area contributed by atoms with Gasteiger partial charge in [0.25, 0.3) is 0 Å². The van der Waals surface area contributed by atoms with Crippen LogP contribution in [0, 0.1) is 22.7 Å². The van der Waals surface area contributed by atoms with Crippen molar-refractivity contribution in [2.45, 2.75) is 0 Å². The Morgan fingerprint density at radius 1 is 1.41 bits per heavy atom. The highest BCUT2D eigenvalue weighted by Gasteiger charge is 2.02. The van der Waals surface area contributed by atoms with Crippen LogP contribution in [0.25, 0.3) is 10.9 Å². The fourth-order valence-corrected chi connectivity index (χ4v) is 1.72. The van der Waals surface area contributed by atoms with Crippen LogP contribution in [-0.4, -0.2) is 10.2 Å². The number of anilines is 1. The first-order valence-electron chi connectivity index (χ1n) is 4.65. The average Bonchev–Trinajstić information content (AvgIpc) is 2.72. The van der Waals surface area contributed by atoms with Gasteiger partial charge in [0.05, 0.1) is 5.52 Å². The first kappa shape index (κ1) is 11.2. The second-order valence-electron chi connectivity index (χ2n) is 3.20. The van der Waals surface area contributed by atoms with E-state index in [0.29, 0.717) is 0 Å². The Morgan fingerprint density at radius 3 is 2.88 bits per heavy atom. The highest BCUT2D eigenvalue weighted by molar-refractivity contribution is 9.10. The Morgan fingerprint density at radius 2 is 2.18 bits per heavy atom. The quantitative estimate of drug-likeness (QED) is 0.831. The van der Waals surface area contributed by atoms with Crippen LogP contribution in [0.2, 0.25) is 0 Å². The Bertz CT molecular complexity index is 655. The number of hydrogen-bond donors (Lipinski definition) is 2. The summed E-state index contributed by atoms with van der Waals surface area (Å²) >= 11 is 3.34. The van der Waals surface area contributed by atoms with Crippen LogP contribution in [0.4, 0.5) is 5.69 Å². The molecule has 0 aliphatic carbocycles. The van der Waals surface area contributed by atoms with Crippen LogP contribution in [0.1, 0.15) is 0 Å². The summed E-state index contributed by atoms with van der Waals surface area (Å²) in [5.74, 6) is 0. The van der Waals surface area contributed by atoms with Gasteiger partial charge in [-0.1, -0.05) is 0 Å². The molecule has 17 heavy (non-hydrogen) atoms. The molecule has 0 unspecified atom stereocenters. The highest BCUT2D eigenvalue weighted by Crippen LogP contribution is 2.24. The van der Waals surface area contributed by atoms with E-state index in [9.17, 15) is 0 Å². The smallest absolute Gasteiger partial charge is 0.145 e. The molecule has 6 heteroatoms. The van der Waals surface area contributed by atoms with Gasteiger partial charge in [-0.3, -0.25) is 5.10 Å². The van der Waals surface area contributed by atoms with E-state index in [4.69, 9.17) is 10.5 Å². The van der Waals surface area contributed by atoms with Crippen molar-refractivity contribution in [1.29, 1.82) is 10.5 Å². The molecule has 2 N–H and O–H groups in total. The molecule has 0 spiro atoms. The lowest BCUT2D eigenvalue weighted by Crippen LogP contribution is -1.89. The number of H-pyrrole nitrogens is 1. The minimum atomic E-state index is 0.0244. The number of benzene rings is 1. The number of nitrogens with one attached hydrogen (secondary N) is 2. The highest BCUT2D eigenvalue weighted by atomic mass is 79.9. The summed E-state index contributed by atoms with van der Waals surface area (Å²) in [6.45, 7) is 0. The number of nitriles is 2. The maximum Gasteiger partial charge on any atom is 0.145 e. The fraction of sp³-hybridized carbons (Fsp3) is 0. The van der Waals surface area contributed by atoms with Crippen molar-refractivity contribution in [3.63, 3.8) is 0 Å². The summed E-state index contributed by atoms with van der Waals surface area (Å²) in [5.41, 5.74) is 1.64. The number of nitrogens with zero attached hydrogens (tertiary/aromatic N) is 3. The van der Waals surface area contributed by atoms with Crippen molar-refractivity contribution in [2.75, 3.05) is 5.32 Å². The lowest BCUT2D eigenvalue weighted by molar-refractivity contribution is 1.10. The largest absolute Gasteiger partial charge is 0.360 e. The third kappa shape index (κ3) is 2.27. The molecule has 0 fully saturated rings. The minimum absolute atomic E-state index is 0.0244. The van der Waals surface area contributed by atoms with Gasteiger partial charge in [0.1, 0.15) is 22.3 Å². The molecule has 1 aromatic carbocycles. The zero-order valence-electron chi connectivity index (χ0n) is 8.53. The van der Waals surface area contributed by atoms with E-state index in [1.807, 2.05) is 18.2 Å². The molecular formula is C11H6BrN5. The molecule has 82 valence electrons. The molecule has 0 atom stereocenters. The standard InChI is InChI=1S/C11H6BrN5/c12-11-9-3-8(1-2-10(9)16-17-11)15-6-7(4-13)5-14/h1-3,6,15H,(H,16,17). The van der Waals surface area contributed by atoms with Crippen molar-refractivity contribution in [1.82, 2.24) is 10.2 Å². The number of fused-ring (bicyclic) bond motifs is 1. The molecular weight excluding hydrogens is 282 g/mol. The summed E-state index contributed by atoms with van der Waals surface area (Å²) in [7, 11) is 0. The zero-order chi connectivity index (χ0) is 12.3. The van der Waals surface area contributed by atoms with E-state index >= 15 is 0 Å². The number of hydrogen-bond acceptors (Lipinski definition) is 4. The van der Waals surface area contributed by atoms with E-state index in [2.05, 4.69) is 31.4 Å². The monoisotopic (exact) mass is 287 g/mol. The normalized spacial score (nSPS) is 9.35. The number of aromatic amines is 1. The van der Waals surface area contributed by atoms with Gasteiger partial charge in [0, 0.05) is 17.3 Å². The molecule has 0 amide bonds. The van der Waals surface area contributed by atoms with Gasteiger partial charge < -0.3 is 5.32 Å². The minimum Gasteiger partial charge on any atom is -0.360 e. The Balaban J connectivity index is 2.32. The molecule has 0 saturated carbocycles. The molecule has 5 nitrogen and oxygen atoms in total. The van der Waals surface area contributed by atoms with E-state index in [0.717, 1.165) is 21.2 Å². The summed E-state index contributed by atoms with van der Waals surface area (Å²) in [6.07, 6.45) is 1.37. The molecule has 0 aliphatic rings. The van der Waals surface area contributed by atoms with Crippen LogP contribution in [0.3, 0.4) is 0 Å². The topological polar surface area (TPSA) is 88.3 Å². The van der Waals surface area contributed by atoms with Crippen LogP contribution in [0.15, 0.2) is 34.6 Å². The van der Waals surface area contributed by atoms with Crippen molar-refractivity contribution >= 4 is 32.5 Å². The van der Waals surface area contributed by atoms with Crippen molar-refractivity contribution in [2.24, 2.45) is 0 Å². The predicted molar refractivity (Wildman–Crippen MR) is 66.7 cm³/mol. The summed E-state index contributed by atoms with van der Waals surface area (Å²) in [6, 6.07) is 9.07. The van der Waals surface area contributed by atoms with Crippen LogP contribution >= 0.6 is 15.9 Å². The second-order valence-corrected chi connectivity index (χ2v) is 3.99. The first-order chi connectivity index (χ1) is 8.24. The number of aromatic nitrogens is 2. The second kappa shape index (κ2) is 4.69. The first-order valence-corrected chi connectivity index (χ1v) is 5.44. The van der Waals surface area contributed by atoms with Crippen LogP contribution in [0.5, 0.6) is 0 Å². The van der Waals surface area contributed by atoms with Gasteiger partial charge >= 0.3 is 0 Å². The van der Waals surface area contributed by atoms with Crippen molar-refractivity contribution in [3.8, 4) is 12.1 Å². The molecule has 0 radical (unpaired) electrons. The number of rotatable bonds is 2. The fourth-order valence-electron chi connectivity index (χ4n) is 1.31. The molecule has 0 saturated heterocycles. The average molecular weight is 288 g/mol. The Kier molecular flexibility index (Phi) is 3.08. The van der Waals surface area contributed by atoms with Gasteiger partial charge in [0.15, 0.2) is 0 Å². The van der Waals surface area contributed by atoms with Crippen LogP contribution < -0.4 is 5.32 Å². The maximum atomic E-state index is 8.58. The molecule has 1 aromatic heterocycles. The third-order valence-corrected chi connectivity index (χ3v) is 2.74. The van der Waals surface area contributed by atoms with E-state index in [1.165, 1.54) is 6.20 Å². The Hall–Kier alpha value is -2.31. The Labute approximate surface area is 105 Å². The van der Waals surface area contributed by atoms with E-state index < -0.39 is 0 Å². The van der Waals surface area contributed by atoms with Gasteiger partial charge in [0.2, 0.25) is 0 Å². The molecule has 2 rings (SSSR count). The lowest BCUT2D eigenvalue weighted by Gasteiger charge is -1.99. The van der Waals surface area contributed by atoms with E-state index in [-0.39, 0.29) is 5.57 Å². The molecule has 2 aromatic rings.